The molecule has 1 aliphatic heterocycles. The quantitative estimate of drug-likeness (QED) is 0.815. The van der Waals surface area contributed by atoms with Crippen LogP contribution in [0.15, 0.2) is 18.2 Å². The van der Waals surface area contributed by atoms with Crippen LogP contribution in [0.2, 0.25) is 0 Å². The molecule has 0 saturated carbocycles. The Balaban J connectivity index is 1.79. The molecular weight excluding hydrogens is 306 g/mol. The van der Waals surface area contributed by atoms with Gasteiger partial charge in [0.1, 0.15) is 11.5 Å². The number of benzene rings is 1. The van der Waals surface area contributed by atoms with Crippen LogP contribution in [0.4, 0.5) is 0 Å². The predicted molar refractivity (Wildman–Crippen MR) is 94.5 cm³/mol. The van der Waals surface area contributed by atoms with Crippen molar-refractivity contribution in [1.82, 2.24) is 15.1 Å². The zero-order chi connectivity index (χ0) is 17.5. The molecule has 6 nitrogen and oxygen atoms in total. The number of rotatable bonds is 7. The SMILES string of the molecule is COc1ccc(CNC2CCN(CC(=O)N(C)C)CC2)c(OC)c1. The summed E-state index contributed by atoms with van der Waals surface area (Å²) < 4.78 is 10.7. The Kier molecular flexibility index (Phi) is 6.87. The third-order valence-corrected chi connectivity index (χ3v) is 4.52. The van der Waals surface area contributed by atoms with Gasteiger partial charge in [-0.2, -0.15) is 0 Å². The van der Waals surface area contributed by atoms with Gasteiger partial charge in [-0.15, -0.1) is 0 Å². The molecule has 6 heteroatoms. The van der Waals surface area contributed by atoms with Crippen molar-refractivity contribution >= 4 is 5.91 Å². The van der Waals surface area contributed by atoms with Gasteiger partial charge in [-0.05, 0) is 18.9 Å². The summed E-state index contributed by atoms with van der Waals surface area (Å²) in [6.45, 7) is 3.20. The van der Waals surface area contributed by atoms with Gasteiger partial charge >= 0.3 is 0 Å². The number of hydrogen-bond donors (Lipinski definition) is 1. The Hall–Kier alpha value is -1.79. The van der Waals surface area contributed by atoms with Crippen LogP contribution in [-0.2, 0) is 11.3 Å². The van der Waals surface area contributed by atoms with E-state index in [0.717, 1.165) is 49.5 Å². The molecule has 1 fully saturated rings. The third kappa shape index (κ3) is 5.11. The van der Waals surface area contributed by atoms with Crippen molar-refractivity contribution in [3.8, 4) is 11.5 Å². The van der Waals surface area contributed by atoms with E-state index in [1.807, 2.05) is 18.2 Å². The molecule has 24 heavy (non-hydrogen) atoms. The van der Waals surface area contributed by atoms with Crippen LogP contribution in [0.3, 0.4) is 0 Å². The molecule has 1 aliphatic rings. The van der Waals surface area contributed by atoms with Crippen LogP contribution in [0.1, 0.15) is 18.4 Å². The topological polar surface area (TPSA) is 54.0 Å². The van der Waals surface area contributed by atoms with Gasteiger partial charge in [0, 0.05) is 51.4 Å². The first-order valence-corrected chi connectivity index (χ1v) is 8.40. The Labute approximate surface area is 144 Å². The van der Waals surface area contributed by atoms with E-state index in [4.69, 9.17) is 9.47 Å². The Bertz CT molecular complexity index is 540. The summed E-state index contributed by atoms with van der Waals surface area (Å²) in [4.78, 5) is 15.7. The highest BCUT2D eigenvalue weighted by atomic mass is 16.5. The summed E-state index contributed by atoms with van der Waals surface area (Å²) in [6, 6.07) is 6.37. The maximum Gasteiger partial charge on any atom is 0.236 e. The number of likely N-dealkylation sites (tertiary alicyclic amines) is 1. The second-order valence-electron chi connectivity index (χ2n) is 6.40. The molecule has 1 aromatic rings. The molecule has 0 aromatic heterocycles. The molecule has 0 spiro atoms. The van der Waals surface area contributed by atoms with E-state index in [0.29, 0.717) is 12.6 Å². The molecule has 0 atom stereocenters. The summed E-state index contributed by atoms with van der Waals surface area (Å²) in [5.41, 5.74) is 1.13. The van der Waals surface area contributed by atoms with Gasteiger partial charge in [0.25, 0.3) is 0 Å². The molecule has 1 aromatic carbocycles. The van der Waals surface area contributed by atoms with Crippen molar-refractivity contribution in [3.05, 3.63) is 23.8 Å². The maximum atomic E-state index is 11.8. The highest BCUT2D eigenvalue weighted by Gasteiger charge is 2.21. The standard InChI is InChI=1S/C18H29N3O3/c1-20(2)18(22)13-21-9-7-15(8-10-21)19-12-14-5-6-16(23-3)11-17(14)24-4/h5-6,11,15,19H,7-10,12-13H2,1-4H3. The number of hydrogen-bond acceptors (Lipinski definition) is 5. The zero-order valence-corrected chi connectivity index (χ0v) is 15.2. The van der Waals surface area contributed by atoms with Crippen molar-refractivity contribution in [1.29, 1.82) is 0 Å². The van der Waals surface area contributed by atoms with Crippen LogP contribution >= 0.6 is 0 Å². The minimum atomic E-state index is 0.171. The number of nitrogens with one attached hydrogen (secondary N) is 1. The summed E-state index contributed by atoms with van der Waals surface area (Å²) >= 11 is 0. The number of carbonyl (C=O) groups excluding carboxylic acids is 1. The van der Waals surface area contributed by atoms with E-state index in [2.05, 4.69) is 10.2 Å². The number of ether oxygens (including phenoxy) is 2. The number of nitrogens with zero attached hydrogens (tertiary/aromatic N) is 2. The predicted octanol–water partition coefficient (Wildman–Crippen LogP) is 1.35. The Morgan fingerprint density at radius 3 is 2.54 bits per heavy atom. The van der Waals surface area contributed by atoms with Crippen LogP contribution < -0.4 is 14.8 Å². The van der Waals surface area contributed by atoms with Crippen molar-refractivity contribution < 1.29 is 14.3 Å². The van der Waals surface area contributed by atoms with Gasteiger partial charge in [0.15, 0.2) is 0 Å². The first kappa shape index (κ1) is 18.5. The largest absolute Gasteiger partial charge is 0.497 e. The minimum Gasteiger partial charge on any atom is -0.497 e. The van der Waals surface area contributed by atoms with Crippen LogP contribution in [-0.4, -0.2) is 69.7 Å². The van der Waals surface area contributed by atoms with E-state index in [1.165, 1.54) is 0 Å². The number of likely N-dealkylation sites (N-methyl/N-ethyl adjacent to an activating group) is 1. The highest BCUT2D eigenvalue weighted by Crippen LogP contribution is 2.24. The average Bonchev–Trinajstić information content (AvgIpc) is 2.60. The van der Waals surface area contributed by atoms with Gasteiger partial charge in [-0.3, -0.25) is 9.69 Å². The second kappa shape index (κ2) is 8.89. The summed E-state index contributed by atoms with van der Waals surface area (Å²) in [7, 11) is 6.94. The van der Waals surface area contributed by atoms with Gasteiger partial charge in [-0.25, -0.2) is 0 Å². The molecule has 1 saturated heterocycles. The fraction of sp³-hybridized carbons (Fsp3) is 0.611. The Morgan fingerprint density at radius 2 is 1.96 bits per heavy atom. The fourth-order valence-electron chi connectivity index (χ4n) is 2.88. The lowest BCUT2D eigenvalue weighted by Crippen LogP contribution is -2.45. The Morgan fingerprint density at radius 1 is 1.25 bits per heavy atom. The van der Waals surface area contributed by atoms with Crippen molar-refractivity contribution in [2.75, 3.05) is 47.9 Å². The number of amides is 1. The van der Waals surface area contributed by atoms with Gasteiger partial charge in [0.2, 0.25) is 5.91 Å². The molecule has 2 rings (SSSR count). The highest BCUT2D eigenvalue weighted by molar-refractivity contribution is 5.77. The van der Waals surface area contributed by atoms with E-state index < -0.39 is 0 Å². The van der Waals surface area contributed by atoms with Gasteiger partial charge in [0.05, 0.1) is 20.8 Å². The monoisotopic (exact) mass is 335 g/mol. The molecule has 1 amide bonds. The maximum absolute atomic E-state index is 11.8. The molecule has 134 valence electrons. The van der Waals surface area contributed by atoms with Crippen LogP contribution in [0.25, 0.3) is 0 Å². The lowest BCUT2D eigenvalue weighted by Gasteiger charge is -2.32. The molecule has 0 unspecified atom stereocenters. The first-order valence-electron chi connectivity index (χ1n) is 8.40. The van der Waals surface area contributed by atoms with E-state index in [9.17, 15) is 4.79 Å². The fourth-order valence-corrected chi connectivity index (χ4v) is 2.88. The molecule has 0 radical (unpaired) electrons. The van der Waals surface area contributed by atoms with Crippen LogP contribution in [0, 0.1) is 0 Å². The van der Waals surface area contributed by atoms with Crippen molar-refractivity contribution in [2.45, 2.75) is 25.4 Å². The van der Waals surface area contributed by atoms with Gasteiger partial charge in [-0.1, -0.05) is 6.07 Å². The number of methoxy groups -OCH3 is 2. The summed E-state index contributed by atoms with van der Waals surface area (Å²) in [6.07, 6.45) is 2.11. The number of carbonyl (C=O) groups is 1. The summed E-state index contributed by atoms with van der Waals surface area (Å²) in [5.74, 6) is 1.81. The van der Waals surface area contributed by atoms with E-state index >= 15 is 0 Å². The minimum absolute atomic E-state index is 0.171. The molecule has 0 bridgehead atoms. The smallest absolute Gasteiger partial charge is 0.236 e. The molecule has 0 aliphatic carbocycles. The molecule has 1 heterocycles. The normalized spacial score (nSPS) is 16.0. The van der Waals surface area contributed by atoms with E-state index in [-0.39, 0.29) is 5.91 Å². The van der Waals surface area contributed by atoms with E-state index in [1.54, 1.807) is 33.2 Å². The number of piperidine rings is 1. The first-order chi connectivity index (χ1) is 11.5. The second-order valence-corrected chi connectivity index (χ2v) is 6.40. The molecular formula is C18H29N3O3. The van der Waals surface area contributed by atoms with Crippen molar-refractivity contribution in [2.24, 2.45) is 0 Å². The van der Waals surface area contributed by atoms with Crippen molar-refractivity contribution in [3.63, 3.8) is 0 Å². The average molecular weight is 335 g/mol. The van der Waals surface area contributed by atoms with Crippen LogP contribution in [0.5, 0.6) is 11.5 Å². The third-order valence-electron chi connectivity index (χ3n) is 4.52. The summed E-state index contributed by atoms with van der Waals surface area (Å²) in [5, 5.41) is 3.60. The lowest BCUT2D eigenvalue weighted by molar-refractivity contribution is -0.130. The van der Waals surface area contributed by atoms with Gasteiger partial charge < -0.3 is 19.7 Å². The zero-order valence-electron chi connectivity index (χ0n) is 15.2. The lowest BCUT2D eigenvalue weighted by atomic mass is 10.0. The molecule has 1 N–H and O–H groups in total.